The van der Waals surface area contributed by atoms with Gasteiger partial charge < -0.3 is 9.88 Å². The fourth-order valence-corrected chi connectivity index (χ4v) is 3.28. The van der Waals surface area contributed by atoms with Crippen LogP contribution in [-0.4, -0.2) is 35.4 Å². The summed E-state index contributed by atoms with van der Waals surface area (Å²) in [6.07, 6.45) is 3.26. The predicted octanol–water partition coefficient (Wildman–Crippen LogP) is 3.05. The molecule has 0 saturated carbocycles. The summed E-state index contributed by atoms with van der Waals surface area (Å²) in [7, 11) is 0. The summed E-state index contributed by atoms with van der Waals surface area (Å²) in [6.45, 7) is 3.49. The second-order valence-electron chi connectivity index (χ2n) is 7.03. The van der Waals surface area contributed by atoms with Crippen LogP contribution >= 0.6 is 0 Å². The summed E-state index contributed by atoms with van der Waals surface area (Å²) in [5, 5.41) is 21.5. The van der Waals surface area contributed by atoms with E-state index in [1.165, 1.54) is 28.9 Å². The average molecular weight is 435 g/mol. The zero-order valence-corrected chi connectivity index (χ0v) is 17.2. The molecular weight excluding hydrogens is 417 g/mol. The van der Waals surface area contributed by atoms with Crippen LogP contribution < -0.4 is 5.32 Å². The third kappa shape index (κ3) is 3.95. The second kappa shape index (κ2) is 8.38. The maximum atomic E-state index is 14.6. The number of non-ortho nitro benzene ring substituents is 1. The Morgan fingerprint density at radius 3 is 2.72 bits per heavy atom. The fourth-order valence-electron chi connectivity index (χ4n) is 3.28. The molecule has 2 aromatic carbocycles. The van der Waals surface area contributed by atoms with Gasteiger partial charge in [0.25, 0.3) is 11.6 Å². The van der Waals surface area contributed by atoms with Gasteiger partial charge >= 0.3 is 0 Å². The Bertz CT molecular complexity index is 1330. The molecule has 2 aromatic heterocycles. The lowest BCUT2D eigenvalue weighted by molar-refractivity contribution is -0.384. The number of hydrogen-bond donors (Lipinski definition) is 1. The quantitative estimate of drug-likeness (QED) is 0.367. The number of aromatic nitrogens is 5. The van der Waals surface area contributed by atoms with Gasteiger partial charge in [-0.2, -0.15) is 0 Å². The molecule has 0 bridgehead atoms. The highest BCUT2D eigenvalue weighted by Gasteiger charge is 2.18. The van der Waals surface area contributed by atoms with Crippen molar-refractivity contribution < 1.29 is 14.1 Å². The van der Waals surface area contributed by atoms with Gasteiger partial charge in [-0.25, -0.2) is 14.1 Å². The van der Waals surface area contributed by atoms with Crippen LogP contribution in [-0.2, 0) is 6.54 Å². The van der Waals surface area contributed by atoms with Crippen molar-refractivity contribution in [1.29, 1.82) is 0 Å². The summed E-state index contributed by atoms with van der Waals surface area (Å²) in [6, 6.07) is 10.5. The molecule has 162 valence electrons. The van der Waals surface area contributed by atoms with E-state index >= 15 is 0 Å². The molecule has 0 spiro atoms. The third-order valence-corrected chi connectivity index (χ3v) is 4.95. The summed E-state index contributed by atoms with van der Waals surface area (Å²) in [5.41, 5.74) is 1.74. The molecule has 10 nitrogen and oxygen atoms in total. The number of imidazole rings is 1. The molecular formula is C21H18FN7O3. The van der Waals surface area contributed by atoms with Crippen molar-refractivity contribution in [1.82, 2.24) is 29.9 Å². The van der Waals surface area contributed by atoms with E-state index in [9.17, 15) is 19.3 Å². The van der Waals surface area contributed by atoms with Crippen molar-refractivity contribution in [2.75, 3.05) is 0 Å². The van der Waals surface area contributed by atoms with Crippen molar-refractivity contribution in [3.05, 3.63) is 93.6 Å². The Morgan fingerprint density at radius 1 is 1.22 bits per heavy atom. The number of benzene rings is 2. The van der Waals surface area contributed by atoms with Crippen molar-refractivity contribution >= 4 is 11.6 Å². The zero-order chi connectivity index (χ0) is 22.8. The molecule has 0 aliphatic heterocycles. The first kappa shape index (κ1) is 20.8. The smallest absolute Gasteiger partial charge is 0.274 e. The number of carbonyl (C=O) groups is 1. The maximum absolute atomic E-state index is 14.6. The maximum Gasteiger partial charge on any atom is 0.274 e. The Balaban J connectivity index is 1.48. The number of nitrogens with one attached hydrogen (secondary N) is 1. The van der Waals surface area contributed by atoms with E-state index in [2.05, 4.69) is 20.6 Å². The van der Waals surface area contributed by atoms with Crippen LogP contribution in [0.1, 0.15) is 27.6 Å². The number of nitro benzene ring substituents is 1. The molecule has 32 heavy (non-hydrogen) atoms. The largest absolute Gasteiger partial charge is 0.347 e. The Labute approximate surface area is 181 Å². The lowest BCUT2D eigenvalue weighted by Crippen LogP contribution is -2.24. The summed E-state index contributed by atoms with van der Waals surface area (Å²) in [5.74, 6) is -0.271. The molecule has 0 atom stereocenters. The normalized spacial score (nSPS) is 10.8. The van der Waals surface area contributed by atoms with E-state index in [1.807, 2.05) is 0 Å². The molecule has 11 heteroatoms. The van der Waals surface area contributed by atoms with E-state index in [4.69, 9.17) is 0 Å². The monoisotopic (exact) mass is 435 g/mol. The van der Waals surface area contributed by atoms with Crippen LogP contribution in [0, 0.1) is 29.8 Å². The van der Waals surface area contributed by atoms with Crippen LogP contribution in [0.15, 0.2) is 54.9 Å². The minimum atomic E-state index is -0.512. The average Bonchev–Trinajstić information content (AvgIpc) is 3.37. The standard InChI is InChI=1S/C21H18FN7O3/c1-13-20(25-26-28(13)16-4-3-5-17(11-16)29(31)32)21(30)24-12-15-6-7-19(18(22)10-15)27-9-8-23-14(27)2/h3-11H,12H2,1-2H3,(H,24,30). The van der Waals surface area contributed by atoms with E-state index in [0.717, 1.165) is 0 Å². The first-order chi connectivity index (χ1) is 15.3. The van der Waals surface area contributed by atoms with Gasteiger partial charge in [-0.1, -0.05) is 17.3 Å². The molecule has 1 amide bonds. The summed E-state index contributed by atoms with van der Waals surface area (Å²) in [4.78, 5) is 27.2. The lowest BCUT2D eigenvalue weighted by Gasteiger charge is -2.09. The minimum absolute atomic E-state index is 0.0719. The van der Waals surface area contributed by atoms with Gasteiger partial charge in [0.05, 0.1) is 22.0 Å². The molecule has 0 aliphatic rings. The minimum Gasteiger partial charge on any atom is -0.347 e. The second-order valence-corrected chi connectivity index (χ2v) is 7.03. The van der Waals surface area contributed by atoms with Crippen molar-refractivity contribution in [2.45, 2.75) is 20.4 Å². The molecule has 0 radical (unpaired) electrons. The zero-order valence-electron chi connectivity index (χ0n) is 17.2. The van der Waals surface area contributed by atoms with E-state index in [1.54, 1.807) is 49.0 Å². The van der Waals surface area contributed by atoms with Gasteiger partial charge in [0, 0.05) is 31.1 Å². The van der Waals surface area contributed by atoms with Gasteiger partial charge in [-0.3, -0.25) is 14.9 Å². The highest BCUT2D eigenvalue weighted by atomic mass is 19.1. The third-order valence-electron chi connectivity index (χ3n) is 4.95. The number of aryl methyl sites for hydroxylation is 1. The van der Waals surface area contributed by atoms with Crippen LogP contribution in [0.2, 0.25) is 0 Å². The number of amides is 1. The van der Waals surface area contributed by atoms with Gasteiger partial charge in [0.1, 0.15) is 11.6 Å². The number of nitrogens with zero attached hydrogens (tertiary/aromatic N) is 6. The fraction of sp³-hybridized carbons (Fsp3) is 0.143. The molecule has 0 unspecified atom stereocenters. The first-order valence-corrected chi connectivity index (χ1v) is 9.59. The van der Waals surface area contributed by atoms with Crippen molar-refractivity contribution in [3.63, 3.8) is 0 Å². The number of nitro groups is 1. The summed E-state index contributed by atoms with van der Waals surface area (Å²) < 4.78 is 17.5. The lowest BCUT2D eigenvalue weighted by atomic mass is 10.2. The number of halogens is 1. The molecule has 0 fully saturated rings. The molecule has 0 aliphatic carbocycles. The molecule has 4 aromatic rings. The Kier molecular flexibility index (Phi) is 5.46. The first-order valence-electron chi connectivity index (χ1n) is 9.59. The van der Waals surface area contributed by atoms with E-state index in [0.29, 0.717) is 28.5 Å². The van der Waals surface area contributed by atoms with Crippen LogP contribution in [0.4, 0.5) is 10.1 Å². The van der Waals surface area contributed by atoms with E-state index < -0.39 is 16.6 Å². The van der Waals surface area contributed by atoms with Crippen molar-refractivity contribution in [2.24, 2.45) is 0 Å². The topological polar surface area (TPSA) is 121 Å². The Hall–Kier alpha value is -4.41. The van der Waals surface area contributed by atoms with Crippen LogP contribution in [0.3, 0.4) is 0 Å². The van der Waals surface area contributed by atoms with Gasteiger partial charge in [-0.05, 0) is 37.6 Å². The van der Waals surface area contributed by atoms with Gasteiger partial charge in [0.15, 0.2) is 5.69 Å². The van der Waals surface area contributed by atoms with Crippen LogP contribution in [0.25, 0.3) is 11.4 Å². The number of hydrogen-bond acceptors (Lipinski definition) is 6. The number of carbonyl (C=O) groups excluding carboxylic acids is 1. The van der Waals surface area contributed by atoms with Gasteiger partial charge in [0.2, 0.25) is 0 Å². The highest BCUT2D eigenvalue weighted by Crippen LogP contribution is 2.19. The number of rotatable bonds is 6. The predicted molar refractivity (Wildman–Crippen MR) is 112 cm³/mol. The molecule has 2 heterocycles. The van der Waals surface area contributed by atoms with Crippen molar-refractivity contribution in [3.8, 4) is 11.4 Å². The summed E-state index contributed by atoms with van der Waals surface area (Å²) >= 11 is 0. The highest BCUT2D eigenvalue weighted by molar-refractivity contribution is 5.93. The Morgan fingerprint density at radius 2 is 2.03 bits per heavy atom. The van der Waals surface area contributed by atoms with Gasteiger partial charge in [-0.15, -0.1) is 5.10 Å². The van der Waals surface area contributed by atoms with E-state index in [-0.39, 0.29) is 17.9 Å². The molecule has 4 rings (SSSR count). The SMILES string of the molecule is Cc1nccn1-c1ccc(CNC(=O)c2nnn(-c3cccc([N+](=O)[O-])c3)c2C)cc1F. The molecule has 1 N–H and O–H groups in total. The molecule has 0 saturated heterocycles. The van der Waals surface area contributed by atoms with Crippen LogP contribution in [0.5, 0.6) is 0 Å².